The van der Waals surface area contributed by atoms with Crippen molar-refractivity contribution in [2.75, 3.05) is 0 Å². The molecule has 0 aliphatic carbocycles. The van der Waals surface area contributed by atoms with Crippen LogP contribution in [-0.4, -0.2) is 21.4 Å². The molecule has 0 radical (unpaired) electrons. The van der Waals surface area contributed by atoms with E-state index in [9.17, 15) is 10.2 Å². The maximum absolute atomic E-state index is 10.3. The van der Waals surface area contributed by atoms with Gasteiger partial charge < -0.3 is 10.2 Å². The van der Waals surface area contributed by atoms with E-state index in [0.29, 0.717) is 11.8 Å². The van der Waals surface area contributed by atoms with Crippen molar-refractivity contribution >= 4 is 0 Å². The van der Waals surface area contributed by atoms with E-state index < -0.39 is 11.2 Å². The highest BCUT2D eigenvalue weighted by atomic mass is 16.3. The summed E-state index contributed by atoms with van der Waals surface area (Å²) in [4.78, 5) is 0. The Kier molecular flexibility index (Phi) is 10.3. The van der Waals surface area contributed by atoms with E-state index in [-0.39, 0.29) is 0 Å². The fourth-order valence-corrected chi connectivity index (χ4v) is 2.63. The fraction of sp³-hybridized carbons (Fsp3) is 0.900. The van der Waals surface area contributed by atoms with Gasteiger partial charge in [0.2, 0.25) is 0 Å². The van der Waals surface area contributed by atoms with Crippen molar-refractivity contribution in [3.63, 3.8) is 0 Å². The SMILES string of the molecule is CCC(C)(O)CCCC(C)CC=CC(C)(O)CCCC(C)C. The molecule has 0 aliphatic heterocycles. The average Bonchev–Trinajstić information content (AvgIpc) is 2.37. The second-order valence-corrected chi connectivity index (χ2v) is 8.13. The van der Waals surface area contributed by atoms with E-state index in [1.807, 2.05) is 26.8 Å². The molecule has 22 heavy (non-hydrogen) atoms. The van der Waals surface area contributed by atoms with Crippen molar-refractivity contribution < 1.29 is 10.2 Å². The Morgan fingerprint density at radius 3 is 2.09 bits per heavy atom. The van der Waals surface area contributed by atoms with Crippen LogP contribution in [0.5, 0.6) is 0 Å². The van der Waals surface area contributed by atoms with Gasteiger partial charge in [-0.1, -0.05) is 65.5 Å². The Morgan fingerprint density at radius 1 is 0.955 bits per heavy atom. The minimum absolute atomic E-state index is 0.504. The van der Waals surface area contributed by atoms with Crippen LogP contribution in [-0.2, 0) is 0 Å². The van der Waals surface area contributed by atoms with E-state index in [1.54, 1.807) is 0 Å². The lowest BCUT2D eigenvalue weighted by Gasteiger charge is -2.22. The van der Waals surface area contributed by atoms with Gasteiger partial charge in [0.05, 0.1) is 11.2 Å². The summed E-state index contributed by atoms with van der Waals surface area (Å²) in [5.74, 6) is 1.32. The lowest BCUT2D eigenvalue weighted by molar-refractivity contribution is 0.0434. The lowest BCUT2D eigenvalue weighted by atomic mass is 9.91. The van der Waals surface area contributed by atoms with E-state index in [4.69, 9.17) is 0 Å². The smallest absolute Gasteiger partial charge is 0.0799 e. The predicted octanol–water partition coefficient (Wildman–Crippen LogP) is 5.48. The summed E-state index contributed by atoms with van der Waals surface area (Å²) in [7, 11) is 0. The van der Waals surface area contributed by atoms with Crippen LogP contribution in [0.3, 0.4) is 0 Å². The molecule has 0 aromatic rings. The molecule has 2 heteroatoms. The number of hydrogen-bond acceptors (Lipinski definition) is 2. The average molecular weight is 313 g/mol. The minimum atomic E-state index is -0.666. The molecular weight excluding hydrogens is 272 g/mol. The summed E-state index contributed by atoms with van der Waals surface area (Å²) < 4.78 is 0. The van der Waals surface area contributed by atoms with Gasteiger partial charge in [-0.05, 0) is 51.4 Å². The third-order valence-electron chi connectivity index (χ3n) is 4.65. The second kappa shape index (κ2) is 10.4. The maximum Gasteiger partial charge on any atom is 0.0799 e. The van der Waals surface area contributed by atoms with Crippen LogP contribution in [0.25, 0.3) is 0 Å². The van der Waals surface area contributed by atoms with Crippen molar-refractivity contribution in [3.05, 3.63) is 12.2 Å². The first kappa shape index (κ1) is 21.7. The zero-order valence-electron chi connectivity index (χ0n) is 15.9. The lowest BCUT2D eigenvalue weighted by Crippen LogP contribution is -2.22. The van der Waals surface area contributed by atoms with Crippen LogP contribution in [0.15, 0.2) is 12.2 Å². The first-order valence-electron chi connectivity index (χ1n) is 9.20. The number of aliphatic hydroxyl groups is 2. The number of allylic oxidation sites excluding steroid dienone is 1. The molecule has 0 aliphatic rings. The predicted molar refractivity (Wildman–Crippen MR) is 97.0 cm³/mol. The zero-order valence-corrected chi connectivity index (χ0v) is 15.9. The first-order valence-corrected chi connectivity index (χ1v) is 9.20. The highest BCUT2D eigenvalue weighted by molar-refractivity contribution is 4.98. The molecule has 0 fully saturated rings. The van der Waals surface area contributed by atoms with Crippen LogP contribution in [0, 0.1) is 11.8 Å². The van der Waals surface area contributed by atoms with E-state index in [1.165, 1.54) is 6.42 Å². The van der Waals surface area contributed by atoms with Gasteiger partial charge in [0.15, 0.2) is 0 Å². The quantitative estimate of drug-likeness (QED) is 0.469. The van der Waals surface area contributed by atoms with Crippen LogP contribution < -0.4 is 0 Å². The van der Waals surface area contributed by atoms with Crippen molar-refractivity contribution in [1.29, 1.82) is 0 Å². The molecule has 2 N–H and O–H groups in total. The van der Waals surface area contributed by atoms with Gasteiger partial charge in [-0.25, -0.2) is 0 Å². The minimum Gasteiger partial charge on any atom is -0.390 e. The summed E-state index contributed by atoms with van der Waals surface area (Å²) in [6.45, 7) is 12.6. The molecule has 132 valence electrons. The third kappa shape index (κ3) is 12.2. The van der Waals surface area contributed by atoms with Crippen molar-refractivity contribution in [2.24, 2.45) is 11.8 Å². The molecule has 3 unspecified atom stereocenters. The topological polar surface area (TPSA) is 40.5 Å². The van der Waals surface area contributed by atoms with Crippen molar-refractivity contribution in [3.8, 4) is 0 Å². The van der Waals surface area contributed by atoms with Gasteiger partial charge in [-0.3, -0.25) is 0 Å². The second-order valence-electron chi connectivity index (χ2n) is 8.13. The molecule has 3 atom stereocenters. The summed E-state index contributed by atoms with van der Waals surface area (Å²) in [5, 5.41) is 20.3. The van der Waals surface area contributed by atoms with Gasteiger partial charge in [0, 0.05) is 0 Å². The molecule has 0 bridgehead atoms. The normalized spacial score (nSPS) is 19.3. The molecular formula is C20H40O2. The van der Waals surface area contributed by atoms with Crippen LogP contribution >= 0.6 is 0 Å². The summed E-state index contributed by atoms with van der Waals surface area (Å²) in [6.07, 6.45) is 12.1. The zero-order chi connectivity index (χ0) is 17.2. The summed E-state index contributed by atoms with van der Waals surface area (Å²) in [6, 6.07) is 0. The van der Waals surface area contributed by atoms with E-state index >= 15 is 0 Å². The van der Waals surface area contributed by atoms with Gasteiger partial charge >= 0.3 is 0 Å². The molecule has 0 heterocycles. The fourth-order valence-electron chi connectivity index (χ4n) is 2.63. The molecule has 0 saturated heterocycles. The highest BCUT2D eigenvalue weighted by Crippen LogP contribution is 2.22. The Bertz CT molecular complexity index is 303. The van der Waals surface area contributed by atoms with Gasteiger partial charge in [-0.2, -0.15) is 0 Å². The van der Waals surface area contributed by atoms with Crippen LogP contribution in [0.4, 0.5) is 0 Å². The monoisotopic (exact) mass is 312 g/mol. The van der Waals surface area contributed by atoms with Gasteiger partial charge in [0.1, 0.15) is 0 Å². The third-order valence-corrected chi connectivity index (χ3v) is 4.65. The Morgan fingerprint density at radius 2 is 1.55 bits per heavy atom. The van der Waals surface area contributed by atoms with Crippen molar-refractivity contribution in [2.45, 2.75) is 104 Å². The maximum atomic E-state index is 10.3. The molecule has 0 amide bonds. The van der Waals surface area contributed by atoms with Crippen LogP contribution in [0.1, 0.15) is 92.9 Å². The highest BCUT2D eigenvalue weighted by Gasteiger charge is 2.18. The Labute approximate surface area is 139 Å². The molecule has 0 saturated carbocycles. The molecule has 0 aromatic heterocycles. The summed E-state index contributed by atoms with van der Waals surface area (Å²) >= 11 is 0. The van der Waals surface area contributed by atoms with Crippen molar-refractivity contribution in [1.82, 2.24) is 0 Å². The Balaban J connectivity index is 3.94. The van der Waals surface area contributed by atoms with Gasteiger partial charge in [0.25, 0.3) is 0 Å². The first-order chi connectivity index (χ1) is 10.1. The van der Waals surface area contributed by atoms with Crippen LogP contribution in [0.2, 0.25) is 0 Å². The van der Waals surface area contributed by atoms with Gasteiger partial charge in [-0.15, -0.1) is 0 Å². The molecule has 0 aromatic carbocycles. The Hall–Kier alpha value is -0.340. The molecule has 2 nitrogen and oxygen atoms in total. The standard InChI is InChI=1S/C20H40O2/c1-7-19(5,21)14-9-12-18(4)13-10-16-20(6,22)15-8-11-17(2)3/h10,16-18,21-22H,7-9,11-15H2,1-6H3. The molecule has 0 spiro atoms. The summed E-state index contributed by atoms with van der Waals surface area (Å²) in [5.41, 5.74) is -1.17. The number of rotatable bonds is 12. The van der Waals surface area contributed by atoms with E-state index in [0.717, 1.165) is 44.9 Å². The number of hydrogen-bond donors (Lipinski definition) is 2. The van der Waals surface area contributed by atoms with E-state index in [2.05, 4.69) is 26.8 Å². The molecule has 0 rings (SSSR count). The largest absolute Gasteiger partial charge is 0.390 e.